The van der Waals surface area contributed by atoms with E-state index in [-0.39, 0.29) is 17.4 Å². The Bertz CT molecular complexity index is 1090. The van der Waals surface area contributed by atoms with E-state index in [4.69, 9.17) is 17.0 Å². The van der Waals surface area contributed by atoms with Crippen LogP contribution in [0.1, 0.15) is 11.1 Å². The lowest BCUT2D eigenvalue weighted by atomic mass is 10.0. The van der Waals surface area contributed by atoms with Gasteiger partial charge in [0.25, 0.3) is 0 Å². The van der Waals surface area contributed by atoms with E-state index < -0.39 is 5.91 Å². The van der Waals surface area contributed by atoms with E-state index in [2.05, 4.69) is 16.2 Å². The van der Waals surface area contributed by atoms with Crippen molar-refractivity contribution in [2.24, 2.45) is 0 Å². The lowest BCUT2D eigenvalue weighted by Crippen LogP contribution is -2.48. The molecule has 0 unspecified atom stereocenters. The summed E-state index contributed by atoms with van der Waals surface area (Å²) in [5, 5.41) is 4.65. The van der Waals surface area contributed by atoms with E-state index in [1.165, 1.54) is 6.08 Å². The quantitative estimate of drug-likeness (QED) is 0.336. The number of rotatable bonds is 5. The van der Waals surface area contributed by atoms with Gasteiger partial charge in [-0.1, -0.05) is 54.6 Å². The first kappa shape index (κ1) is 21.0. The first-order valence-electron chi connectivity index (χ1n) is 9.24. The number of methoxy groups -OCH3 is 1. The van der Waals surface area contributed by atoms with Crippen molar-refractivity contribution in [3.63, 3.8) is 0 Å². The number of benzene rings is 3. The van der Waals surface area contributed by atoms with Crippen molar-refractivity contribution in [3.05, 3.63) is 83.9 Å². The second-order valence-corrected chi connectivity index (χ2v) is 6.83. The Morgan fingerprint density at radius 2 is 1.70 bits per heavy atom. The molecule has 152 valence electrons. The molecule has 7 heteroatoms. The van der Waals surface area contributed by atoms with E-state index in [0.29, 0.717) is 0 Å². The Morgan fingerprint density at radius 1 is 0.967 bits per heavy atom. The summed E-state index contributed by atoms with van der Waals surface area (Å²) < 4.78 is 5.08. The first-order chi connectivity index (χ1) is 14.5. The molecule has 0 aliphatic carbocycles. The van der Waals surface area contributed by atoms with Crippen molar-refractivity contribution >= 4 is 46.0 Å². The average molecular weight is 420 g/mol. The fourth-order valence-electron chi connectivity index (χ4n) is 2.85. The van der Waals surface area contributed by atoms with Crippen LogP contribution < -0.4 is 20.9 Å². The SMILES string of the molecule is COc1ccc(CC(=O)NNC(=S)NC(=O)/C=C/c2cccc3ccccc23)cc1. The minimum absolute atomic E-state index is 0.00523. The van der Waals surface area contributed by atoms with Gasteiger partial charge < -0.3 is 4.74 Å². The molecule has 30 heavy (non-hydrogen) atoms. The zero-order valence-electron chi connectivity index (χ0n) is 16.3. The van der Waals surface area contributed by atoms with Gasteiger partial charge in [-0.25, -0.2) is 0 Å². The first-order valence-corrected chi connectivity index (χ1v) is 9.64. The van der Waals surface area contributed by atoms with Crippen molar-refractivity contribution in [2.45, 2.75) is 6.42 Å². The van der Waals surface area contributed by atoms with Crippen molar-refractivity contribution in [1.82, 2.24) is 16.2 Å². The Hall–Kier alpha value is -3.71. The van der Waals surface area contributed by atoms with Crippen LogP contribution >= 0.6 is 12.2 Å². The highest BCUT2D eigenvalue weighted by atomic mass is 32.1. The van der Waals surface area contributed by atoms with Crippen LogP contribution in [0.2, 0.25) is 0 Å². The van der Waals surface area contributed by atoms with E-state index >= 15 is 0 Å². The third kappa shape index (κ3) is 5.89. The topological polar surface area (TPSA) is 79.5 Å². The second kappa shape index (κ2) is 10.2. The van der Waals surface area contributed by atoms with Crippen LogP contribution in [-0.4, -0.2) is 24.0 Å². The zero-order chi connectivity index (χ0) is 21.3. The molecule has 0 fully saturated rings. The molecule has 2 amide bonds. The lowest BCUT2D eigenvalue weighted by Gasteiger charge is -2.10. The van der Waals surface area contributed by atoms with Gasteiger partial charge in [0.15, 0.2) is 5.11 Å². The zero-order valence-corrected chi connectivity index (χ0v) is 17.2. The highest BCUT2D eigenvalue weighted by molar-refractivity contribution is 7.80. The molecule has 0 atom stereocenters. The van der Waals surface area contributed by atoms with Gasteiger partial charge in [-0.3, -0.25) is 25.8 Å². The summed E-state index contributed by atoms with van der Waals surface area (Å²) >= 11 is 5.05. The van der Waals surface area contributed by atoms with Crippen LogP contribution in [0.25, 0.3) is 16.8 Å². The Balaban J connectivity index is 1.47. The smallest absolute Gasteiger partial charge is 0.250 e. The van der Waals surface area contributed by atoms with Gasteiger partial charge in [-0.2, -0.15) is 0 Å². The van der Waals surface area contributed by atoms with Crippen molar-refractivity contribution in [1.29, 1.82) is 0 Å². The van der Waals surface area contributed by atoms with Gasteiger partial charge in [0.1, 0.15) is 5.75 Å². The number of fused-ring (bicyclic) bond motifs is 1. The summed E-state index contributed by atoms with van der Waals surface area (Å²) in [5.41, 5.74) is 6.74. The summed E-state index contributed by atoms with van der Waals surface area (Å²) in [5.74, 6) is 0.0330. The fourth-order valence-corrected chi connectivity index (χ4v) is 3.00. The molecule has 0 bridgehead atoms. The minimum atomic E-state index is -0.398. The van der Waals surface area contributed by atoms with Gasteiger partial charge in [0.2, 0.25) is 11.8 Å². The van der Waals surface area contributed by atoms with Crippen LogP contribution in [0.3, 0.4) is 0 Å². The number of hydrogen-bond donors (Lipinski definition) is 3. The Morgan fingerprint density at radius 3 is 2.47 bits per heavy atom. The second-order valence-electron chi connectivity index (χ2n) is 6.42. The average Bonchev–Trinajstić information content (AvgIpc) is 2.77. The lowest BCUT2D eigenvalue weighted by molar-refractivity contribution is -0.121. The number of carbonyl (C=O) groups is 2. The van der Waals surface area contributed by atoms with Crippen LogP contribution in [0.5, 0.6) is 5.75 Å². The van der Waals surface area contributed by atoms with Crippen molar-refractivity contribution in [3.8, 4) is 5.75 Å². The predicted molar refractivity (Wildman–Crippen MR) is 122 cm³/mol. The van der Waals surface area contributed by atoms with Gasteiger partial charge in [0, 0.05) is 6.08 Å². The molecule has 0 aliphatic rings. The normalized spacial score (nSPS) is 10.6. The Labute approximate surface area is 179 Å². The maximum Gasteiger partial charge on any atom is 0.250 e. The number of ether oxygens (including phenoxy) is 1. The molecular formula is C23H21N3O3S. The van der Waals surface area contributed by atoms with Crippen molar-refractivity contribution in [2.75, 3.05) is 7.11 Å². The van der Waals surface area contributed by atoms with Crippen molar-refractivity contribution < 1.29 is 14.3 Å². The van der Waals surface area contributed by atoms with Gasteiger partial charge in [0.05, 0.1) is 13.5 Å². The third-order valence-corrected chi connectivity index (χ3v) is 4.52. The van der Waals surface area contributed by atoms with E-state index in [1.54, 1.807) is 37.5 Å². The summed E-state index contributed by atoms with van der Waals surface area (Å²) in [6.45, 7) is 0. The number of hydrogen-bond acceptors (Lipinski definition) is 4. The third-order valence-electron chi connectivity index (χ3n) is 4.31. The number of hydrazine groups is 1. The molecule has 3 rings (SSSR count). The van der Waals surface area contributed by atoms with E-state index in [9.17, 15) is 9.59 Å². The summed E-state index contributed by atoms with van der Waals surface area (Å²) in [7, 11) is 1.58. The molecule has 3 aromatic carbocycles. The molecule has 0 saturated heterocycles. The highest BCUT2D eigenvalue weighted by Crippen LogP contribution is 2.19. The molecule has 0 radical (unpaired) electrons. The number of thiocarbonyl (C=S) groups is 1. The molecule has 3 N–H and O–H groups in total. The molecule has 0 aromatic heterocycles. The number of amides is 2. The molecule has 0 saturated carbocycles. The minimum Gasteiger partial charge on any atom is -0.497 e. The fraction of sp³-hybridized carbons (Fsp3) is 0.0870. The maximum absolute atomic E-state index is 12.1. The molecule has 0 heterocycles. The van der Waals surface area contributed by atoms with Gasteiger partial charge >= 0.3 is 0 Å². The van der Waals surface area contributed by atoms with E-state index in [1.807, 2.05) is 42.5 Å². The molecule has 0 aliphatic heterocycles. The molecule has 3 aromatic rings. The summed E-state index contributed by atoms with van der Waals surface area (Å²) in [6.07, 6.45) is 3.28. The van der Waals surface area contributed by atoms with Crippen LogP contribution in [0, 0.1) is 0 Å². The largest absolute Gasteiger partial charge is 0.497 e. The highest BCUT2D eigenvalue weighted by Gasteiger charge is 2.06. The summed E-state index contributed by atoms with van der Waals surface area (Å²) in [6, 6.07) is 21.0. The van der Waals surface area contributed by atoms with Crippen LogP contribution in [0.15, 0.2) is 72.8 Å². The number of carbonyl (C=O) groups excluding carboxylic acids is 2. The summed E-state index contributed by atoms with van der Waals surface area (Å²) in [4.78, 5) is 24.1. The molecule has 6 nitrogen and oxygen atoms in total. The molecular weight excluding hydrogens is 398 g/mol. The molecule has 0 spiro atoms. The monoisotopic (exact) mass is 419 g/mol. The maximum atomic E-state index is 12.1. The predicted octanol–water partition coefficient (Wildman–Crippen LogP) is 3.13. The van der Waals surface area contributed by atoms with Gasteiger partial charge in [-0.05, 0) is 52.3 Å². The van der Waals surface area contributed by atoms with Gasteiger partial charge in [-0.15, -0.1) is 0 Å². The van der Waals surface area contributed by atoms with Crippen LogP contribution in [0.4, 0.5) is 0 Å². The standard InChI is InChI=1S/C23H21N3O3S/c1-29-19-12-9-16(10-13-19)15-22(28)25-26-23(30)24-21(27)14-11-18-7-4-6-17-5-2-3-8-20(17)18/h2-14H,15H2,1H3,(H,25,28)(H2,24,26,27,30)/b14-11+. The van der Waals surface area contributed by atoms with Crippen LogP contribution in [-0.2, 0) is 16.0 Å². The van der Waals surface area contributed by atoms with E-state index in [0.717, 1.165) is 27.6 Å². The number of nitrogens with one attached hydrogen (secondary N) is 3. The Kier molecular flexibility index (Phi) is 7.13.